The zero-order valence-electron chi connectivity index (χ0n) is 18.1. The number of rotatable bonds is 8. The van der Waals surface area contributed by atoms with Crippen LogP contribution < -0.4 is 0 Å². The average Bonchev–Trinajstić information content (AvgIpc) is 2.76. The van der Waals surface area contributed by atoms with E-state index in [1.54, 1.807) is 12.1 Å². The van der Waals surface area contributed by atoms with Crippen LogP contribution in [0.1, 0.15) is 114 Å². The summed E-state index contributed by atoms with van der Waals surface area (Å²) >= 11 is 0. The van der Waals surface area contributed by atoms with Crippen molar-refractivity contribution in [3.8, 4) is 6.07 Å². The molecule has 0 atom stereocenters. The Morgan fingerprint density at radius 2 is 1.34 bits per heavy atom. The number of nitriles is 1. The predicted molar refractivity (Wildman–Crippen MR) is 115 cm³/mol. The molecule has 2 fully saturated rings. The van der Waals surface area contributed by atoms with Crippen LogP contribution in [0.3, 0.4) is 0 Å². The molecule has 0 amide bonds. The van der Waals surface area contributed by atoms with Gasteiger partial charge in [0.15, 0.2) is 11.6 Å². The smallest absolute Gasteiger partial charge is 0.176 e. The maximum Gasteiger partial charge on any atom is 0.176 e. The third-order valence-corrected chi connectivity index (χ3v) is 7.68. The lowest BCUT2D eigenvalue weighted by atomic mass is 9.74. The third kappa shape index (κ3) is 6.03. The van der Waals surface area contributed by atoms with Crippen LogP contribution in [-0.4, -0.2) is 0 Å². The third-order valence-electron chi connectivity index (χ3n) is 7.68. The van der Waals surface area contributed by atoms with E-state index in [2.05, 4.69) is 6.92 Å². The summed E-state index contributed by atoms with van der Waals surface area (Å²) < 4.78 is 28.3. The molecule has 0 spiro atoms. The quantitative estimate of drug-likeness (QED) is 0.402. The summed E-state index contributed by atoms with van der Waals surface area (Å²) in [5, 5.41) is 8.85. The van der Waals surface area contributed by atoms with Crippen LogP contribution in [0.2, 0.25) is 0 Å². The highest BCUT2D eigenvalue weighted by Crippen LogP contribution is 2.41. The molecule has 0 N–H and O–H groups in total. The first-order valence-corrected chi connectivity index (χ1v) is 12.0. The molecule has 0 radical (unpaired) electrons. The number of hydrogen-bond acceptors (Lipinski definition) is 1. The van der Waals surface area contributed by atoms with Crippen molar-refractivity contribution in [3.63, 3.8) is 0 Å². The van der Waals surface area contributed by atoms with E-state index in [1.165, 1.54) is 70.3 Å². The maximum atomic E-state index is 14.3. The molecular weight excluding hydrogens is 364 g/mol. The summed E-state index contributed by atoms with van der Waals surface area (Å²) in [5.74, 6) is 0.976. The van der Waals surface area contributed by atoms with Crippen LogP contribution in [0.15, 0.2) is 12.1 Å². The Hall–Kier alpha value is -1.43. The molecule has 1 aromatic carbocycles. The van der Waals surface area contributed by atoms with Crippen molar-refractivity contribution >= 4 is 0 Å². The molecule has 2 saturated carbocycles. The summed E-state index contributed by atoms with van der Waals surface area (Å²) in [6.07, 6.45) is 18.1. The number of hydrogen-bond donors (Lipinski definition) is 0. The number of halogens is 2. The molecule has 0 bridgehead atoms. The highest BCUT2D eigenvalue weighted by molar-refractivity contribution is 5.36. The lowest BCUT2D eigenvalue weighted by Crippen LogP contribution is -2.18. The average molecular weight is 402 g/mol. The molecule has 0 saturated heterocycles. The molecular formula is C26H37F2N. The second kappa shape index (κ2) is 11.1. The lowest BCUT2D eigenvalue weighted by Gasteiger charge is -2.32. The minimum atomic E-state index is -0.975. The van der Waals surface area contributed by atoms with Crippen LogP contribution in [0.4, 0.5) is 8.78 Å². The Morgan fingerprint density at radius 3 is 1.90 bits per heavy atom. The van der Waals surface area contributed by atoms with Gasteiger partial charge >= 0.3 is 0 Å². The van der Waals surface area contributed by atoms with Gasteiger partial charge in [-0.25, -0.2) is 8.78 Å². The van der Waals surface area contributed by atoms with Gasteiger partial charge in [0.05, 0.1) is 5.56 Å². The second-order valence-corrected chi connectivity index (χ2v) is 9.62. The van der Waals surface area contributed by atoms with Crippen LogP contribution in [-0.2, 0) is 0 Å². The van der Waals surface area contributed by atoms with Crippen LogP contribution in [0.5, 0.6) is 0 Å². The fraction of sp³-hybridized carbons (Fsp3) is 0.731. The fourth-order valence-corrected chi connectivity index (χ4v) is 5.69. The topological polar surface area (TPSA) is 23.8 Å². The minimum Gasteiger partial charge on any atom is -0.203 e. The summed E-state index contributed by atoms with van der Waals surface area (Å²) in [7, 11) is 0. The summed E-state index contributed by atoms with van der Waals surface area (Å²) in [5.41, 5.74) is 0.279. The highest BCUT2D eigenvalue weighted by Gasteiger charge is 2.27. The van der Waals surface area contributed by atoms with Crippen molar-refractivity contribution in [3.05, 3.63) is 34.9 Å². The van der Waals surface area contributed by atoms with Gasteiger partial charge in [-0.1, -0.05) is 77.2 Å². The Morgan fingerprint density at radius 1 is 0.793 bits per heavy atom. The first-order valence-electron chi connectivity index (χ1n) is 12.0. The van der Waals surface area contributed by atoms with E-state index in [4.69, 9.17) is 5.26 Å². The van der Waals surface area contributed by atoms with Crippen molar-refractivity contribution in [2.45, 2.75) is 103 Å². The van der Waals surface area contributed by atoms with Gasteiger partial charge < -0.3 is 0 Å². The van der Waals surface area contributed by atoms with E-state index in [9.17, 15) is 8.78 Å². The van der Waals surface area contributed by atoms with E-state index in [-0.39, 0.29) is 11.5 Å². The standard InChI is InChI=1S/C26H37F2N/c1-2-3-4-5-19-6-8-20(9-7-19)10-11-21-12-14-22(15-13-21)24-17-16-23(18-29)25(27)26(24)28/h16-17,19-22H,2-15H2,1H3/t19-,20-,21-,22-. The number of nitrogens with zero attached hydrogens (tertiary/aromatic N) is 1. The van der Waals surface area contributed by atoms with Gasteiger partial charge in [0, 0.05) is 0 Å². The summed E-state index contributed by atoms with van der Waals surface area (Å²) in [6, 6.07) is 4.78. The van der Waals surface area contributed by atoms with Crippen molar-refractivity contribution < 1.29 is 8.78 Å². The molecule has 0 aromatic heterocycles. The second-order valence-electron chi connectivity index (χ2n) is 9.62. The molecule has 160 valence electrons. The summed E-state index contributed by atoms with van der Waals surface area (Å²) in [6.45, 7) is 2.28. The normalized spacial score (nSPS) is 27.5. The molecule has 0 aliphatic heterocycles. The van der Waals surface area contributed by atoms with E-state index < -0.39 is 11.6 Å². The van der Waals surface area contributed by atoms with E-state index in [0.29, 0.717) is 5.56 Å². The molecule has 2 aliphatic rings. The van der Waals surface area contributed by atoms with Gasteiger partial charge in [0.1, 0.15) is 6.07 Å². The zero-order chi connectivity index (χ0) is 20.6. The summed E-state index contributed by atoms with van der Waals surface area (Å²) in [4.78, 5) is 0. The first-order chi connectivity index (χ1) is 14.1. The largest absolute Gasteiger partial charge is 0.203 e. The number of unbranched alkanes of at least 4 members (excludes halogenated alkanes) is 2. The van der Waals surface area contributed by atoms with Crippen molar-refractivity contribution in [1.29, 1.82) is 5.26 Å². The molecule has 1 aromatic rings. The fourth-order valence-electron chi connectivity index (χ4n) is 5.69. The van der Waals surface area contributed by atoms with E-state index >= 15 is 0 Å². The Labute approximate surface area is 175 Å². The molecule has 2 aliphatic carbocycles. The van der Waals surface area contributed by atoms with Gasteiger partial charge in [-0.3, -0.25) is 0 Å². The minimum absolute atomic E-state index is 0.104. The SMILES string of the molecule is CCCCC[C@H]1CC[C@H](CC[C@H]2CC[C@H](c3ccc(C#N)c(F)c3F)CC2)CC1. The van der Waals surface area contributed by atoms with E-state index in [0.717, 1.165) is 43.4 Å². The van der Waals surface area contributed by atoms with Crippen molar-refractivity contribution in [1.82, 2.24) is 0 Å². The highest BCUT2D eigenvalue weighted by atomic mass is 19.2. The van der Waals surface area contributed by atoms with Crippen molar-refractivity contribution in [2.75, 3.05) is 0 Å². The van der Waals surface area contributed by atoms with Gasteiger partial charge in [0.25, 0.3) is 0 Å². The van der Waals surface area contributed by atoms with Crippen LogP contribution in [0, 0.1) is 40.7 Å². The molecule has 3 heteroatoms. The first kappa shape index (κ1) is 22.3. The van der Waals surface area contributed by atoms with Gasteiger partial charge in [-0.15, -0.1) is 0 Å². The molecule has 29 heavy (non-hydrogen) atoms. The van der Waals surface area contributed by atoms with Gasteiger partial charge in [-0.2, -0.15) is 5.26 Å². The molecule has 1 nitrogen and oxygen atoms in total. The van der Waals surface area contributed by atoms with Gasteiger partial charge in [0.2, 0.25) is 0 Å². The van der Waals surface area contributed by atoms with E-state index in [1.807, 2.05) is 0 Å². The molecule has 0 heterocycles. The maximum absolute atomic E-state index is 14.3. The predicted octanol–water partition coefficient (Wildman–Crippen LogP) is 8.28. The Balaban J connectivity index is 1.38. The molecule has 3 rings (SSSR count). The monoisotopic (exact) mass is 401 g/mol. The Bertz CT molecular complexity index is 677. The van der Waals surface area contributed by atoms with Crippen LogP contribution in [0.25, 0.3) is 0 Å². The number of benzene rings is 1. The van der Waals surface area contributed by atoms with Gasteiger partial charge in [-0.05, 0) is 61.0 Å². The zero-order valence-corrected chi connectivity index (χ0v) is 18.1. The Kier molecular flexibility index (Phi) is 8.52. The van der Waals surface area contributed by atoms with Crippen LogP contribution >= 0.6 is 0 Å². The van der Waals surface area contributed by atoms with Crippen molar-refractivity contribution in [2.24, 2.45) is 17.8 Å². The molecule has 0 unspecified atom stereocenters. The lowest BCUT2D eigenvalue weighted by molar-refractivity contribution is 0.221.